The van der Waals surface area contributed by atoms with Gasteiger partial charge in [-0.15, -0.1) is 0 Å². The van der Waals surface area contributed by atoms with Crippen LogP contribution in [-0.2, 0) is 26.2 Å². The van der Waals surface area contributed by atoms with Gasteiger partial charge in [0.1, 0.15) is 12.6 Å². The predicted octanol–water partition coefficient (Wildman–Crippen LogP) is 5.79. The summed E-state index contributed by atoms with van der Waals surface area (Å²) in [5, 5.41) is 3.45. The highest BCUT2D eigenvalue weighted by molar-refractivity contribution is 7.92. The maximum absolute atomic E-state index is 14.1. The standard InChI is InChI=1S/C31H38ClN3O4S/c1-7-28(31(37)33-21(2)3)34(19-25-11-13-26(32)14-12-25)30(36)20-35(29-17-10-23(5)18-24(29)6)40(38,39)27-15-8-22(4)9-16-27/h8-18,21,28H,7,19-20H2,1-6H3,(H,33,37)/t28-/m0/s1. The summed E-state index contributed by atoms with van der Waals surface area (Å²) in [6.07, 6.45) is 0.353. The van der Waals surface area contributed by atoms with E-state index in [4.69, 9.17) is 11.6 Å². The van der Waals surface area contributed by atoms with Crippen LogP contribution < -0.4 is 9.62 Å². The number of hydrogen-bond donors (Lipinski definition) is 1. The third kappa shape index (κ3) is 7.64. The van der Waals surface area contributed by atoms with E-state index in [1.54, 1.807) is 54.6 Å². The summed E-state index contributed by atoms with van der Waals surface area (Å²) < 4.78 is 29.2. The van der Waals surface area contributed by atoms with E-state index in [0.717, 1.165) is 26.6 Å². The van der Waals surface area contributed by atoms with Crippen LogP contribution in [0, 0.1) is 20.8 Å². The van der Waals surface area contributed by atoms with Crippen molar-refractivity contribution in [2.75, 3.05) is 10.8 Å². The molecule has 0 fully saturated rings. The molecule has 1 N–H and O–H groups in total. The summed E-state index contributed by atoms with van der Waals surface area (Å²) in [4.78, 5) is 28.9. The van der Waals surface area contributed by atoms with E-state index in [9.17, 15) is 18.0 Å². The van der Waals surface area contributed by atoms with Gasteiger partial charge in [0, 0.05) is 17.6 Å². The number of rotatable bonds is 11. The van der Waals surface area contributed by atoms with Crippen molar-refractivity contribution in [1.82, 2.24) is 10.2 Å². The number of aryl methyl sites for hydroxylation is 3. The zero-order valence-corrected chi connectivity index (χ0v) is 25.5. The van der Waals surface area contributed by atoms with Crippen LogP contribution in [0.3, 0.4) is 0 Å². The van der Waals surface area contributed by atoms with Crippen LogP contribution in [0.1, 0.15) is 49.4 Å². The molecular weight excluding hydrogens is 546 g/mol. The SMILES string of the molecule is CC[C@@H](C(=O)NC(C)C)N(Cc1ccc(Cl)cc1)C(=O)CN(c1ccc(C)cc1C)S(=O)(=O)c1ccc(C)cc1. The molecule has 0 spiro atoms. The molecule has 0 aliphatic carbocycles. The lowest BCUT2D eigenvalue weighted by molar-refractivity contribution is -0.140. The first kappa shape index (κ1) is 31.2. The van der Waals surface area contributed by atoms with Crippen LogP contribution in [0.2, 0.25) is 5.02 Å². The van der Waals surface area contributed by atoms with Crippen LogP contribution in [0.4, 0.5) is 5.69 Å². The molecule has 0 saturated carbocycles. The van der Waals surface area contributed by atoms with Gasteiger partial charge in [-0.2, -0.15) is 0 Å². The normalized spacial score (nSPS) is 12.2. The fourth-order valence-corrected chi connectivity index (χ4v) is 6.13. The molecule has 3 aromatic rings. The van der Waals surface area contributed by atoms with Gasteiger partial charge in [-0.05, 0) is 82.5 Å². The molecule has 0 saturated heterocycles. The largest absolute Gasteiger partial charge is 0.352 e. The first-order chi connectivity index (χ1) is 18.8. The van der Waals surface area contributed by atoms with Crippen molar-refractivity contribution < 1.29 is 18.0 Å². The summed E-state index contributed by atoms with van der Waals surface area (Å²) in [6, 6.07) is 18.1. The average Bonchev–Trinajstić information content (AvgIpc) is 2.88. The van der Waals surface area contributed by atoms with Gasteiger partial charge in [-0.3, -0.25) is 13.9 Å². The molecule has 214 valence electrons. The lowest BCUT2D eigenvalue weighted by atomic mass is 10.1. The second-order valence-electron chi connectivity index (χ2n) is 10.4. The van der Waals surface area contributed by atoms with Gasteiger partial charge < -0.3 is 10.2 Å². The fraction of sp³-hybridized carbons (Fsp3) is 0.355. The highest BCUT2D eigenvalue weighted by Gasteiger charge is 2.34. The van der Waals surface area contributed by atoms with Gasteiger partial charge in [0.05, 0.1) is 10.6 Å². The van der Waals surface area contributed by atoms with Crippen LogP contribution in [0.5, 0.6) is 0 Å². The first-order valence-corrected chi connectivity index (χ1v) is 15.2. The summed E-state index contributed by atoms with van der Waals surface area (Å²) in [7, 11) is -4.12. The van der Waals surface area contributed by atoms with Crippen molar-refractivity contribution in [2.45, 2.75) is 71.5 Å². The smallest absolute Gasteiger partial charge is 0.264 e. The molecule has 9 heteroatoms. The number of halogens is 1. The number of sulfonamides is 1. The van der Waals surface area contributed by atoms with Crippen molar-refractivity contribution in [3.63, 3.8) is 0 Å². The quantitative estimate of drug-likeness (QED) is 0.309. The van der Waals surface area contributed by atoms with E-state index >= 15 is 0 Å². The Hall–Kier alpha value is -3.36. The molecule has 7 nitrogen and oxygen atoms in total. The topological polar surface area (TPSA) is 86.8 Å². The van der Waals surface area contributed by atoms with Crippen LogP contribution in [-0.4, -0.2) is 43.8 Å². The van der Waals surface area contributed by atoms with Gasteiger partial charge in [-0.1, -0.05) is 66.0 Å². The second-order valence-corrected chi connectivity index (χ2v) is 12.6. The summed E-state index contributed by atoms with van der Waals surface area (Å²) >= 11 is 6.07. The number of hydrogen-bond acceptors (Lipinski definition) is 4. The van der Waals surface area contributed by atoms with Crippen molar-refractivity contribution in [2.24, 2.45) is 0 Å². The van der Waals surface area contributed by atoms with Gasteiger partial charge in [0.25, 0.3) is 10.0 Å². The van der Waals surface area contributed by atoms with E-state index in [0.29, 0.717) is 17.1 Å². The monoisotopic (exact) mass is 583 g/mol. The van der Waals surface area contributed by atoms with Crippen molar-refractivity contribution in [3.05, 3.63) is 94.0 Å². The highest BCUT2D eigenvalue weighted by atomic mass is 35.5. The Balaban J connectivity index is 2.09. The third-order valence-electron chi connectivity index (χ3n) is 6.59. The van der Waals surface area contributed by atoms with Crippen molar-refractivity contribution >= 4 is 39.1 Å². The van der Waals surface area contributed by atoms with Gasteiger partial charge in [0.2, 0.25) is 11.8 Å². The minimum atomic E-state index is -4.12. The lowest BCUT2D eigenvalue weighted by Gasteiger charge is -2.34. The number of carbonyl (C=O) groups excluding carboxylic acids is 2. The van der Waals surface area contributed by atoms with E-state index in [1.807, 2.05) is 53.7 Å². The zero-order chi connectivity index (χ0) is 29.6. The zero-order valence-electron chi connectivity index (χ0n) is 23.9. The molecule has 1 atom stereocenters. The molecule has 40 heavy (non-hydrogen) atoms. The number of amides is 2. The summed E-state index contributed by atoms with van der Waals surface area (Å²) in [5.74, 6) is -0.782. The predicted molar refractivity (Wildman–Crippen MR) is 161 cm³/mol. The molecule has 0 aliphatic rings. The van der Waals surface area contributed by atoms with Crippen molar-refractivity contribution in [3.8, 4) is 0 Å². The molecule has 3 rings (SSSR count). The van der Waals surface area contributed by atoms with Crippen LogP contribution in [0.15, 0.2) is 71.6 Å². The fourth-order valence-electron chi connectivity index (χ4n) is 4.52. The minimum Gasteiger partial charge on any atom is -0.352 e. The first-order valence-electron chi connectivity index (χ1n) is 13.3. The number of carbonyl (C=O) groups is 2. The van der Waals surface area contributed by atoms with Gasteiger partial charge in [-0.25, -0.2) is 8.42 Å². The molecule has 0 radical (unpaired) electrons. The highest BCUT2D eigenvalue weighted by Crippen LogP contribution is 2.28. The number of anilines is 1. The molecule has 0 aromatic heterocycles. The van der Waals surface area contributed by atoms with Crippen LogP contribution in [0.25, 0.3) is 0 Å². The van der Waals surface area contributed by atoms with Gasteiger partial charge >= 0.3 is 0 Å². The molecular formula is C31H38ClN3O4S. The lowest BCUT2D eigenvalue weighted by Crippen LogP contribution is -2.53. The van der Waals surface area contributed by atoms with E-state index < -0.39 is 28.5 Å². The molecule has 0 heterocycles. The number of benzene rings is 3. The molecule has 0 unspecified atom stereocenters. The molecule has 0 bridgehead atoms. The van der Waals surface area contributed by atoms with Gasteiger partial charge in [0.15, 0.2) is 0 Å². The summed E-state index contributed by atoms with van der Waals surface area (Å²) in [5.41, 5.74) is 3.79. The van der Waals surface area contributed by atoms with E-state index in [-0.39, 0.29) is 23.4 Å². The average molecular weight is 584 g/mol. The van der Waals surface area contributed by atoms with E-state index in [1.165, 1.54) is 4.90 Å². The van der Waals surface area contributed by atoms with E-state index in [2.05, 4.69) is 5.32 Å². The summed E-state index contributed by atoms with van der Waals surface area (Å²) in [6.45, 7) is 10.8. The minimum absolute atomic E-state index is 0.0831. The second kappa shape index (κ2) is 13.3. The van der Waals surface area contributed by atoms with Crippen LogP contribution >= 0.6 is 11.6 Å². The number of nitrogens with zero attached hydrogens (tertiary/aromatic N) is 2. The molecule has 3 aromatic carbocycles. The Bertz CT molecular complexity index is 1440. The Morgan fingerprint density at radius 1 is 0.900 bits per heavy atom. The maximum atomic E-state index is 14.1. The Labute approximate surface area is 243 Å². The van der Waals surface area contributed by atoms with Crippen molar-refractivity contribution in [1.29, 1.82) is 0 Å². The molecule has 0 aliphatic heterocycles. The number of nitrogens with one attached hydrogen (secondary N) is 1. The third-order valence-corrected chi connectivity index (χ3v) is 8.62. The Morgan fingerprint density at radius 3 is 2.05 bits per heavy atom. The maximum Gasteiger partial charge on any atom is 0.264 e. The Kier molecular flexibility index (Phi) is 10.4. The molecule has 2 amide bonds. The Morgan fingerprint density at radius 2 is 1.50 bits per heavy atom.